The second-order valence-electron chi connectivity index (χ2n) is 30.3. The molecule has 4 saturated heterocycles. The van der Waals surface area contributed by atoms with Gasteiger partial charge in [-0.1, -0.05) is 149 Å². The molecular formula is C79H101B2N6O17PSi2. The fourth-order valence-corrected chi connectivity index (χ4v) is 26.3. The molecule has 21 atom stereocenters. The van der Waals surface area contributed by atoms with Gasteiger partial charge in [-0.15, -0.1) is 0 Å². The molecule has 0 radical (unpaired) electrons. The molecule has 0 saturated carbocycles. The molecule has 0 bridgehead atoms. The number of benzene rings is 6. The zero-order valence-electron chi connectivity index (χ0n) is 63.3. The van der Waals surface area contributed by atoms with E-state index in [-0.39, 0.29) is 59.2 Å². The Morgan fingerprint density at radius 2 is 0.888 bits per heavy atom. The first-order chi connectivity index (χ1) is 51.3. The number of carbonyl (C=O) groups excluding carboxylic acids is 3. The van der Waals surface area contributed by atoms with Crippen LogP contribution in [-0.4, -0.2) is 173 Å². The average Bonchev–Trinajstić information content (AvgIpc) is 0.747. The van der Waals surface area contributed by atoms with Crippen LogP contribution in [0.15, 0.2) is 192 Å². The van der Waals surface area contributed by atoms with Crippen LogP contribution in [0.25, 0.3) is 20.9 Å². The van der Waals surface area contributed by atoms with Crippen molar-refractivity contribution in [1.82, 2.24) is 0 Å². The normalized spacial score (nSPS) is 29.1. The van der Waals surface area contributed by atoms with E-state index >= 15 is 0 Å². The first kappa shape index (κ1) is 82.2. The molecule has 0 amide bonds. The summed E-state index contributed by atoms with van der Waals surface area (Å²) in [4.78, 5) is 47.5. The standard InChI is InChI=1S/C79H101B2N6O17PSi2/c1-49-53(5)97-64(46-93-55(7)89)72(70(49)94-44-56-32-20-14-21-33-56)104-75-66(84-86-82)51(3)68(65(99-75)48-96-107(79(11,12)13,60-40-28-18-29-41-60)61-42-30-19-31-43-61)103-77-71(101-74(90)57-34-22-15-23-35-57)52(4)69(63(100-77)45-92-54(6)88)102-76-67(85-87-83)73(105-81-80-91)50(2)62(98-76)47-95-106(78(8,9)10,58-36-24-16-25-37-58)59-38-26-17-27-39-59/h14-43,49-53,62-73,75-77,81,105H,44-48H2,1-13H3/t49?,50-,51-,52+,53?,62?,63?,64?,65?,66?,67?,68+,69+,70+,71?,72+,73+,75+,76+,77+/m1/s1. The van der Waals surface area contributed by atoms with Crippen LogP contribution in [0.4, 0.5) is 0 Å². The molecular weight excluding hydrogens is 1410 g/mol. The maximum absolute atomic E-state index is 14.9. The van der Waals surface area contributed by atoms with Crippen molar-refractivity contribution in [1.29, 1.82) is 0 Å². The Labute approximate surface area is 633 Å². The molecule has 4 aliphatic rings. The van der Waals surface area contributed by atoms with Gasteiger partial charge in [-0.2, -0.15) is 0 Å². The summed E-state index contributed by atoms with van der Waals surface area (Å²) in [7, 11) is -5.85. The van der Waals surface area contributed by atoms with Crippen LogP contribution in [0.5, 0.6) is 0 Å². The van der Waals surface area contributed by atoms with E-state index in [0.717, 1.165) is 33.4 Å². The van der Waals surface area contributed by atoms with Crippen molar-refractivity contribution < 1.29 is 80.0 Å². The van der Waals surface area contributed by atoms with Crippen molar-refractivity contribution in [2.45, 2.75) is 204 Å². The summed E-state index contributed by atoms with van der Waals surface area (Å²) in [6, 6.07) is 56.5. The molecule has 10 unspecified atom stereocenters. The van der Waals surface area contributed by atoms with E-state index in [1.807, 2.05) is 131 Å². The first-order valence-corrected chi connectivity index (χ1v) is 42.0. The van der Waals surface area contributed by atoms with E-state index in [1.54, 1.807) is 37.3 Å². The van der Waals surface area contributed by atoms with Gasteiger partial charge < -0.3 is 28.1 Å². The van der Waals surface area contributed by atoms with Gasteiger partial charge in [0.1, 0.15) is 24.9 Å². The zero-order chi connectivity index (χ0) is 76.6. The predicted molar refractivity (Wildman–Crippen MR) is 414 cm³/mol. The van der Waals surface area contributed by atoms with Gasteiger partial charge in [0.25, 0.3) is 8.32 Å². The number of rotatable bonds is 30. The van der Waals surface area contributed by atoms with Crippen molar-refractivity contribution in [2.75, 3.05) is 26.4 Å². The molecule has 10 rings (SSSR count). The molecule has 4 heterocycles. The molecule has 4 fully saturated rings. The van der Waals surface area contributed by atoms with Gasteiger partial charge >= 0.3 is 314 Å². The van der Waals surface area contributed by atoms with Crippen LogP contribution >= 0.6 is 8.46 Å². The van der Waals surface area contributed by atoms with Gasteiger partial charge in [0.2, 0.25) is 0 Å². The summed E-state index contributed by atoms with van der Waals surface area (Å²) in [5.41, 5.74) is 21.8. The Bertz CT molecular complexity index is 3880. The topological polar surface area (TPSA) is 286 Å². The van der Waals surface area contributed by atoms with Gasteiger partial charge in [-0.25, -0.2) is 0 Å². The summed E-state index contributed by atoms with van der Waals surface area (Å²) in [6.07, 6.45) is -14.2. The quantitative estimate of drug-likeness (QED) is 0.00770. The molecule has 107 heavy (non-hydrogen) atoms. The fourth-order valence-electron chi connectivity index (χ4n) is 15.7. The molecule has 28 heteroatoms. The van der Waals surface area contributed by atoms with Crippen LogP contribution < -0.4 is 20.7 Å². The molecule has 0 aromatic heterocycles. The molecule has 4 aliphatic heterocycles. The summed E-state index contributed by atoms with van der Waals surface area (Å²) in [6.45, 7) is 24.8. The van der Waals surface area contributed by atoms with E-state index in [2.05, 4.69) is 110 Å². The first-order valence-electron chi connectivity index (χ1n) is 36.9. The van der Waals surface area contributed by atoms with Gasteiger partial charge in [-0.3, -0.25) is 4.79 Å². The molecule has 568 valence electrons. The second-order valence-corrected chi connectivity index (χ2v) is 40.4. The number of nitrogens with zero attached hydrogens (tertiary/aromatic N) is 6. The van der Waals surface area contributed by atoms with Crippen LogP contribution in [0, 0.1) is 23.7 Å². The van der Waals surface area contributed by atoms with E-state index in [1.165, 1.54) is 13.8 Å². The van der Waals surface area contributed by atoms with Crippen molar-refractivity contribution in [2.24, 2.45) is 33.9 Å². The van der Waals surface area contributed by atoms with Gasteiger partial charge in [-0.05, 0) is 51.5 Å². The number of esters is 3. The third kappa shape index (κ3) is 19.1. The van der Waals surface area contributed by atoms with Gasteiger partial charge in [0.05, 0.1) is 31.5 Å². The SMILES string of the molecule is CC(=O)OCC1O[C@@H](O[C@@H]2C(CO[Si](c3ccccc3)(c3ccccc3)C(C)(C)C)O[C@@H](O[C@H]3C(COC(C)=O)OC(C)C(C)[C@@H]3OCc3ccccc3)C(N=[N+]=[N-])[C@H]2C)C(OC(=O)c2ccccc2)[C@@H](C)[C@@H]1O[C@@H]1OC(CO[Si](c2ccccc2)(c2ccccc2)C(C)(C)C)[C@@H](C)[C@H](PBB=O)C1N=[N+]=[N-]. The van der Waals surface area contributed by atoms with E-state index in [9.17, 15) is 30.2 Å². The number of ether oxygens (including phenoxy) is 11. The summed E-state index contributed by atoms with van der Waals surface area (Å²) in [5.74, 6) is -4.40. The van der Waals surface area contributed by atoms with Gasteiger partial charge in [0.15, 0.2) is 6.29 Å². The molecule has 6 aromatic rings. The number of hydrogen-bond acceptors (Lipinski definition) is 19. The third-order valence-corrected chi connectivity index (χ3v) is 33.1. The van der Waals surface area contributed by atoms with Crippen molar-refractivity contribution >= 4 is 77.7 Å². The molecule has 0 aliphatic carbocycles. The van der Waals surface area contributed by atoms with E-state index in [0.29, 0.717) is 0 Å². The second kappa shape index (κ2) is 37.4. The monoisotopic (exact) mass is 1510 g/mol. The average molecular weight is 1520 g/mol. The van der Waals surface area contributed by atoms with Crippen LogP contribution in [0.3, 0.4) is 0 Å². The fraction of sp³-hybridized carbons (Fsp3) is 0.506. The summed E-state index contributed by atoms with van der Waals surface area (Å²) >= 11 is 0. The molecule has 6 aromatic carbocycles. The summed E-state index contributed by atoms with van der Waals surface area (Å²) < 4.78 is 103. The zero-order valence-corrected chi connectivity index (χ0v) is 66.3. The number of azide groups is 2. The summed E-state index contributed by atoms with van der Waals surface area (Å²) in [5, 5.41) is 11.9. The number of hydrogen-bond donors (Lipinski definition) is 0. The third-order valence-electron chi connectivity index (χ3n) is 21.3. The van der Waals surface area contributed by atoms with E-state index < -0.39 is 161 Å². The Balaban J connectivity index is 1.07. The van der Waals surface area contributed by atoms with Gasteiger partial charge in [0, 0.05) is 17.8 Å². The predicted octanol–water partition coefficient (Wildman–Crippen LogP) is 11.5. The Morgan fingerprint density at radius 1 is 0.486 bits per heavy atom. The van der Waals surface area contributed by atoms with Crippen LogP contribution in [0.2, 0.25) is 10.1 Å². The Morgan fingerprint density at radius 3 is 1.36 bits per heavy atom. The minimum atomic E-state index is -3.45. The Hall–Kier alpha value is -7.26. The molecule has 0 spiro atoms. The van der Waals surface area contributed by atoms with Crippen LogP contribution in [-0.2, 0) is 81.9 Å². The van der Waals surface area contributed by atoms with E-state index in [4.69, 9.17) is 61.0 Å². The molecule has 23 nitrogen and oxygen atoms in total. The van der Waals surface area contributed by atoms with Crippen molar-refractivity contribution in [3.05, 3.63) is 214 Å². The molecule has 0 N–H and O–H groups in total. The number of carbonyl (C=O) groups is 3. The van der Waals surface area contributed by atoms with Crippen LogP contribution in [0.1, 0.15) is 106 Å². The van der Waals surface area contributed by atoms with Crippen molar-refractivity contribution in [3.8, 4) is 0 Å². The minimum absolute atomic E-state index is 0.0405. The Kier molecular flexibility index (Phi) is 28.8. The maximum atomic E-state index is 14.9. The van der Waals surface area contributed by atoms with Crippen molar-refractivity contribution in [3.63, 3.8) is 0 Å².